The Labute approximate surface area is 86.5 Å². The zero-order chi connectivity index (χ0) is 14.1. The molecule has 0 aliphatic heterocycles. The van der Waals surface area contributed by atoms with Gasteiger partial charge in [0.1, 0.15) is 0 Å². The molecule has 0 aliphatic carbocycles. The van der Waals surface area contributed by atoms with Crippen LogP contribution < -0.4 is 5.73 Å². The van der Waals surface area contributed by atoms with Gasteiger partial charge in [0.25, 0.3) is 15.3 Å². The number of aliphatic hydroxyl groups excluding tert-OH is 1. The molecule has 0 aliphatic rings. The summed E-state index contributed by atoms with van der Waals surface area (Å²) >= 11 is 0. The van der Waals surface area contributed by atoms with Gasteiger partial charge in [-0.1, -0.05) is 0 Å². The summed E-state index contributed by atoms with van der Waals surface area (Å²) in [5, 5.41) is 48.7. The maximum Gasteiger partial charge on any atom is 0.291 e. The van der Waals surface area contributed by atoms with E-state index in [0.29, 0.717) is 6.54 Å². The van der Waals surface area contributed by atoms with Gasteiger partial charge in [-0.05, 0) is 0 Å². The molecule has 0 saturated heterocycles. The number of nitrogens with zero attached hydrogens (tertiary/aromatic N) is 3. The number of hydrogen-bond donors (Lipinski definition) is 5. The van der Waals surface area contributed by atoms with Crippen molar-refractivity contribution in [3.63, 3.8) is 0 Å². The third-order valence-electron chi connectivity index (χ3n) is 0.129. The lowest BCUT2D eigenvalue weighted by Crippen LogP contribution is -2.02. The fourth-order valence-electron chi connectivity index (χ4n) is 0. The van der Waals surface area contributed by atoms with Crippen LogP contribution in [0, 0.1) is 30.3 Å². The summed E-state index contributed by atoms with van der Waals surface area (Å²) in [4.78, 5) is 25.1. The fourth-order valence-corrected chi connectivity index (χ4v) is 0. The molecule has 14 nitrogen and oxygen atoms in total. The third kappa shape index (κ3) is 582. The molecule has 0 bridgehead atoms. The van der Waals surface area contributed by atoms with E-state index in [1.807, 2.05) is 0 Å². The van der Waals surface area contributed by atoms with Crippen molar-refractivity contribution in [2.24, 2.45) is 5.73 Å². The van der Waals surface area contributed by atoms with Crippen molar-refractivity contribution < 1.29 is 36.0 Å². The summed E-state index contributed by atoms with van der Waals surface area (Å²) in [6.07, 6.45) is 0. The lowest BCUT2D eigenvalue weighted by atomic mass is 10.8. The van der Waals surface area contributed by atoms with Gasteiger partial charge < -0.3 is 26.5 Å². The van der Waals surface area contributed by atoms with Crippen LogP contribution in [0.2, 0.25) is 0 Å². The molecule has 0 unspecified atom stereocenters. The average molecular weight is 250 g/mol. The molecule has 0 fully saturated rings. The van der Waals surface area contributed by atoms with Crippen molar-refractivity contribution in [2.45, 2.75) is 0 Å². The van der Waals surface area contributed by atoms with Crippen LogP contribution in [-0.4, -0.2) is 49.1 Å². The molecule has 0 amide bonds. The molecule has 0 aromatic carbocycles. The molecule has 0 radical (unpaired) electrons. The lowest BCUT2D eigenvalue weighted by molar-refractivity contribution is -0.742. The van der Waals surface area contributed by atoms with Crippen molar-refractivity contribution in [2.75, 3.05) is 13.2 Å². The summed E-state index contributed by atoms with van der Waals surface area (Å²) in [6.45, 7) is 0.472. The van der Waals surface area contributed by atoms with Crippen molar-refractivity contribution >= 4 is 0 Å². The predicted molar refractivity (Wildman–Crippen MR) is 42.5 cm³/mol. The van der Waals surface area contributed by atoms with Crippen LogP contribution in [0.1, 0.15) is 0 Å². The van der Waals surface area contributed by atoms with Crippen LogP contribution in [0.3, 0.4) is 0 Å². The highest BCUT2D eigenvalue weighted by molar-refractivity contribution is 4.17. The Hall–Kier alpha value is -2.48. The Morgan fingerprint density at radius 3 is 0.938 bits per heavy atom. The SMILES string of the molecule is NCCO.O=[N+]([O-])O.O=[N+]([O-])O.O=[N+]([O-])O. The largest absolute Gasteiger partial charge is 0.395 e. The van der Waals surface area contributed by atoms with E-state index in [9.17, 15) is 0 Å². The highest BCUT2D eigenvalue weighted by Gasteiger charge is 1.66. The number of nitrogens with two attached hydrogens (primary N) is 1. The summed E-state index contributed by atoms with van der Waals surface area (Å²) in [5.41, 5.74) is 4.78. The first kappa shape index (κ1) is 23.4. The molecule has 0 aromatic rings. The Morgan fingerprint density at radius 1 is 0.875 bits per heavy atom. The minimum atomic E-state index is -1.50. The lowest BCUT2D eigenvalue weighted by Gasteiger charge is -1.71. The van der Waals surface area contributed by atoms with Gasteiger partial charge >= 0.3 is 0 Å². The molecule has 0 heterocycles. The van der Waals surface area contributed by atoms with Crippen molar-refractivity contribution in [3.05, 3.63) is 30.3 Å². The maximum absolute atomic E-state index is 8.36. The van der Waals surface area contributed by atoms with Crippen LogP contribution in [0.4, 0.5) is 0 Å². The van der Waals surface area contributed by atoms with Gasteiger partial charge in [-0.15, -0.1) is 30.3 Å². The van der Waals surface area contributed by atoms with E-state index in [2.05, 4.69) is 0 Å². The van der Waals surface area contributed by atoms with Gasteiger partial charge in [0.05, 0.1) is 6.61 Å². The normalized spacial score (nSPS) is 6.38. The molecule has 14 heteroatoms. The second-order valence-electron chi connectivity index (χ2n) is 1.23. The molecule has 98 valence electrons. The first-order valence-corrected chi connectivity index (χ1v) is 2.92. The minimum absolute atomic E-state index is 0.0972. The van der Waals surface area contributed by atoms with E-state index in [0.717, 1.165) is 0 Å². The summed E-state index contributed by atoms with van der Waals surface area (Å²) < 4.78 is 0. The Bertz CT molecular complexity index is 139. The van der Waals surface area contributed by atoms with E-state index >= 15 is 0 Å². The smallest absolute Gasteiger partial charge is 0.291 e. The van der Waals surface area contributed by atoms with Crippen LogP contribution in [0.5, 0.6) is 0 Å². The zero-order valence-corrected chi connectivity index (χ0v) is 7.57. The number of rotatable bonds is 1. The molecule has 0 spiro atoms. The first-order valence-electron chi connectivity index (χ1n) is 2.92. The van der Waals surface area contributed by atoms with Crippen molar-refractivity contribution in [1.29, 1.82) is 0 Å². The molecule has 6 N–H and O–H groups in total. The van der Waals surface area contributed by atoms with Crippen LogP contribution in [0.25, 0.3) is 0 Å². The van der Waals surface area contributed by atoms with Crippen LogP contribution >= 0.6 is 0 Å². The van der Waals surface area contributed by atoms with Gasteiger partial charge in [-0.25, -0.2) is 0 Å². The van der Waals surface area contributed by atoms with Gasteiger partial charge in [0, 0.05) is 6.54 Å². The second-order valence-corrected chi connectivity index (χ2v) is 1.23. The zero-order valence-electron chi connectivity index (χ0n) is 7.57. The van der Waals surface area contributed by atoms with Crippen molar-refractivity contribution in [3.8, 4) is 0 Å². The summed E-state index contributed by atoms with van der Waals surface area (Å²) in [6, 6.07) is 0. The quantitative estimate of drug-likeness (QED) is 0.249. The van der Waals surface area contributed by atoms with E-state index < -0.39 is 15.3 Å². The topological polar surface area (TPSA) is 236 Å². The van der Waals surface area contributed by atoms with Gasteiger partial charge in [0.2, 0.25) is 0 Å². The summed E-state index contributed by atoms with van der Waals surface area (Å²) in [7, 11) is 0. The third-order valence-corrected chi connectivity index (χ3v) is 0.129. The molecule has 0 saturated carbocycles. The summed E-state index contributed by atoms with van der Waals surface area (Å²) in [5.74, 6) is 0. The molecule has 0 aromatic heterocycles. The van der Waals surface area contributed by atoms with Gasteiger partial charge in [-0.3, -0.25) is 0 Å². The monoisotopic (exact) mass is 250 g/mol. The standard InChI is InChI=1S/C2H7NO.3HNO3/c3-1-2-4;3*2-1(3)4/h4H,1-3H2;3*(H,2,3,4). The molecular formula is C2H10N4O10. The van der Waals surface area contributed by atoms with E-state index in [1.165, 1.54) is 0 Å². The highest BCUT2D eigenvalue weighted by atomic mass is 16.9. The Kier molecular flexibility index (Phi) is 33.5. The Morgan fingerprint density at radius 2 is 0.938 bits per heavy atom. The maximum atomic E-state index is 8.36. The Balaban J connectivity index is -0.0000000600. The minimum Gasteiger partial charge on any atom is -0.395 e. The van der Waals surface area contributed by atoms with Crippen molar-refractivity contribution in [1.82, 2.24) is 0 Å². The van der Waals surface area contributed by atoms with E-state index in [4.69, 9.17) is 56.8 Å². The number of aliphatic hydroxyl groups is 1. The van der Waals surface area contributed by atoms with Gasteiger partial charge in [0.15, 0.2) is 0 Å². The predicted octanol–water partition coefficient (Wildman–Crippen LogP) is -2.11. The van der Waals surface area contributed by atoms with Crippen LogP contribution in [-0.2, 0) is 0 Å². The van der Waals surface area contributed by atoms with E-state index in [1.54, 1.807) is 0 Å². The highest BCUT2D eigenvalue weighted by Crippen LogP contribution is 1.39. The van der Waals surface area contributed by atoms with E-state index in [-0.39, 0.29) is 6.61 Å². The molecule has 0 rings (SSSR count). The molecule has 0 atom stereocenters. The molecule has 16 heavy (non-hydrogen) atoms. The fraction of sp³-hybridized carbons (Fsp3) is 1.00. The second kappa shape index (κ2) is 22.9. The van der Waals surface area contributed by atoms with Crippen LogP contribution in [0.15, 0.2) is 0 Å². The average Bonchev–Trinajstić information content (AvgIpc) is 2.00. The number of hydrogen-bond acceptors (Lipinski definition) is 8. The first-order chi connectivity index (χ1) is 7.11. The molecular weight excluding hydrogens is 240 g/mol. The van der Waals surface area contributed by atoms with Gasteiger partial charge in [-0.2, -0.15) is 0 Å².